The van der Waals surface area contributed by atoms with E-state index in [9.17, 15) is 13.6 Å². The van der Waals surface area contributed by atoms with Crippen molar-refractivity contribution in [2.24, 2.45) is 0 Å². The Morgan fingerprint density at radius 3 is 2.69 bits per heavy atom. The summed E-state index contributed by atoms with van der Waals surface area (Å²) in [7, 11) is 0. The second-order valence-corrected chi connectivity index (χ2v) is 4.31. The number of hydrogen-bond acceptors (Lipinski definition) is 2. The number of pyridine rings is 1. The zero-order valence-electron chi connectivity index (χ0n) is 7.88. The number of carboxylic acid groups (broad SMARTS) is 1. The molecule has 1 N–H and O–H groups in total. The third-order valence-corrected chi connectivity index (χ3v) is 3.45. The second kappa shape index (κ2) is 5.72. The summed E-state index contributed by atoms with van der Waals surface area (Å²) in [6, 6.07) is 0. The molecule has 3 nitrogen and oxygen atoms in total. The van der Waals surface area contributed by atoms with Gasteiger partial charge in [-0.2, -0.15) is 0 Å². The molecule has 1 aromatic heterocycles. The molecule has 1 aromatic rings. The van der Waals surface area contributed by atoms with Crippen molar-refractivity contribution < 1.29 is 18.7 Å². The number of nitrogens with zero attached hydrogens (tertiary/aromatic N) is 1. The fourth-order valence-electron chi connectivity index (χ4n) is 1.18. The normalized spacial score (nSPS) is 10.8. The molecule has 0 aliphatic rings. The highest BCUT2D eigenvalue weighted by Gasteiger charge is 2.21. The first-order valence-corrected chi connectivity index (χ1v) is 5.80. The molecule has 7 heteroatoms. The number of halogens is 4. The molecule has 0 unspecified atom stereocenters. The summed E-state index contributed by atoms with van der Waals surface area (Å²) in [5.41, 5.74) is 0.0358. The van der Waals surface area contributed by atoms with Crippen molar-refractivity contribution in [3.63, 3.8) is 0 Å². The number of alkyl halides is 3. The van der Waals surface area contributed by atoms with Crippen molar-refractivity contribution >= 4 is 40.2 Å². The lowest BCUT2D eigenvalue weighted by Crippen LogP contribution is -2.09. The maximum Gasteiger partial charge on any atom is 0.309 e. The van der Waals surface area contributed by atoms with Crippen LogP contribution in [0.5, 0.6) is 0 Å². The fourth-order valence-corrected chi connectivity index (χ4v) is 2.49. The van der Waals surface area contributed by atoms with Gasteiger partial charge in [-0.3, -0.25) is 9.78 Å². The molecule has 0 saturated heterocycles. The van der Waals surface area contributed by atoms with Crippen molar-refractivity contribution in [1.29, 1.82) is 0 Å². The Morgan fingerprint density at radius 1 is 1.62 bits per heavy atom. The zero-order chi connectivity index (χ0) is 12.3. The van der Waals surface area contributed by atoms with Crippen LogP contribution in [-0.2, 0) is 17.1 Å². The minimum Gasteiger partial charge on any atom is -0.481 e. The summed E-state index contributed by atoms with van der Waals surface area (Å²) < 4.78 is 25.8. The quantitative estimate of drug-likeness (QED) is 0.662. The van der Waals surface area contributed by atoms with Crippen LogP contribution < -0.4 is 0 Å². The molecular weight excluding hydrogens is 354 g/mol. The molecule has 0 atom stereocenters. The minimum absolute atomic E-state index is 0.0678. The van der Waals surface area contributed by atoms with Gasteiger partial charge in [0.1, 0.15) is 0 Å². The molecule has 0 spiro atoms. The van der Waals surface area contributed by atoms with Gasteiger partial charge in [0.05, 0.1) is 17.7 Å². The topological polar surface area (TPSA) is 50.2 Å². The van der Waals surface area contributed by atoms with E-state index in [1.807, 2.05) is 0 Å². The van der Waals surface area contributed by atoms with Crippen molar-refractivity contribution in [2.75, 3.05) is 0 Å². The zero-order valence-corrected chi connectivity index (χ0v) is 10.8. The molecule has 0 radical (unpaired) electrons. The SMILES string of the molecule is O=C(O)Cc1ncc(CCl)c(I)c1C(F)F. The third kappa shape index (κ3) is 3.00. The van der Waals surface area contributed by atoms with E-state index in [4.69, 9.17) is 16.7 Å². The molecule has 0 aliphatic carbocycles. The fraction of sp³-hybridized carbons (Fsp3) is 0.333. The van der Waals surface area contributed by atoms with Gasteiger partial charge in [0.25, 0.3) is 6.43 Å². The Labute approximate surface area is 109 Å². The van der Waals surface area contributed by atoms with Crippen LogP contribution in [0, 0.1) is 3.57 Å². The van der Waals surface area contributed by atoms with E-state index in [1.54, 1.807) is 22.6 Å². The van der Waals surface area contributed by atoms with Gasteiger partial charge in [0, 0.05) is 15.6 Å². The summed E-state index contributed by atoms with van der Waals surface area (Å²) in [6.45, 7) is 0. The molecular formula is C9H7ClF2INO2. The van der Waals surface area contributed by atoms with Crippen LogP contribution in [0.25, 0.3) is 0 Å². The number of rotatable bonds is 4. The molecule has 1 heterocycles. The molecule has 0 fully saturated rings. The third-order valence-electron chi connectivity index (χ3n) is 1.89. The molecule has 0 saturated carbocycles. The Morgan fingerprint density at radius 2 is 2.25 bits per heavy atom. The maximum atomic E-state index is 12.8. The lowest BCUT2D eigenvalue weighted by atomic mass is 10.1. The van der Waals surface area contributed by atoms with E-state index in [2.05, 4.69) is 4.98 Å². The van der Waals surface area contributed by atoms with Gasteiger partial charge in [-0.15, -0.1) is 11.6 Å². The molecule has 0 aliphatic heterocycles. The number of aliphatic carboxylic acids is 1. The lowest BCUT2D eigenvalue weighted by Gasteiger charge is -2.11. The van der Waals surface area contributed by atoms with E-state index in [0.29, 0.717) is 5.56 Å². The van der Waals surface area contributed by atoms with Gasteiger partial charge >= 0.3 is 5.97 Å². The van der Waals surface area contributed by atoms with Crippen LogP contribution in [0.3, 0.4) is 0 Å². The Hall–Kier alpha value is -0.500. The van der Waals surface area contributed by atoms with Gasteiger partial charge in [0.2, 0.25) is 0 Å². The molecule has 0 amide bonds. The van der Waals surface area contributed by atoms with E-state index < -0.39 is 18.8 Å². The molecule has 0 aromatic carbocycles. The molecule has 16 heavy (non-hydrogen) atoms. The summed E-state index contributed by atoms with van der Waals surface area (Å²) in [6.07, 6.45) is -1.94. The van der Waals surface area contributed by atoms with E-state index >= 15 is 0 Å². The first-order valence-electron chi connectivity index (χ1n) is 4.19. The summed E-state index contributed by atoms with van der Waals surface area (Å²) in [5.74, 6) is -1.12. The van der Waals surface area contributed by atoms with Gasteiger partial charge in [-0.05, 0) is 28.2 Å². The van der Waals surface area contributed by atoms with Crippen molar-refractivity contribution in [3.8, 4) is 0 Å². The highest BCUT2D eigenvalue weighted by atomic mass is 127. The number of hydrogen-bond donors (Lipinski definition) is 1. The van der Waals surface area contributed by atoms with E-state index in [0.717, 1.165) is 0 Å². The highest BCUT2D eigenvalue weighted by molar-refractivity contribution is 14.1. The number of aromatic nitrogens is 1. The monoisotopic (exact) mass is 361 g/mol. The van der Waals surface area contributed by atoms with Crippen molar-refractivity contribution in [1.82, 2.24) is 4.98 Å². The van der Waals surface area contributed by atoms with Gasteiger partial charge in [0.15, 0.2) is 0 Å². The van der Waals surface area contributed by atoms with Crippen LogP contribution in [0.2, 0.25) is 0 Å². The van der Waals surface area contributed by atoms with Crippen LogP contribution in [-0.4, -0.2) is 16.1 Å². The minimum atomic E-state index is -2.75. The van der Waals surface area contributed by atoms with Gasteiger partial charge in [-0.1, -0.05) is 0 Å². The summed E-state index contributed by atoms with van der Waals surface area (Å²) in [4.78, 5) is 14.2. The summed E-state index contributed by atoms with van der Waals surface area (Å²) in [5, 5.41) is 8.58. The van der Waals surface area contributed by atoms with Crippen LogP contribution in [0.4, 0.5) is 8.78 Å². The number of carbonyl (C=O) groups is 1. The molecule has 0 bridgehead atoms. The summed E-state index contributed by atoms with van der Waals surface area (Å²) >= 11 is 7.29. The van der Waals surface area contributed by atoms with E-state index in [1.165, 1.54) is 6.20 Å². The largest absolute Gasteiger partial charge is 0.481 e. The second-order valence-electron chi connectivity index (χ2n) is 2.96. The smallest absolute Gasteiger partial charge is 0.309 e. The Kier molecular flexibility index (Phi) is 4.85. The lowest BCUT2D eigenvalue weighted by molar-refractivity contribution is -0.136. The first kappa shape index (κ1) is 13.6. The van der Waals surface area contributed by atoms with Crippen LogP contribution in [0.1, 0.15) is 23.2 Å². The number of carboxylic acids is 1. The molecule has 88 valence electrons. The molecule has 1 rings (SSSR count). The standard InChI is InChI=1S/C9H7ClF2INO2/c10-2-4-3-14-5(1-6(15)16)7(8(4)13)9(11)12/h3,9H,1-2H2,(H,15,16). The van der Waals surface area contributed by atoms with E-state index in [-0.39, 0.29) is 20.7 Å². The van der Waals surface area contributed by atoms with Crippen LogP contribution >= 0.6 is 34.2 Å². The first-order chi connectivity index (χ1) is 7.47. The predicted molar refractivity (Wildman–Crippen MR) is 62.8 cm³/mol. The Bertz CT molecular complexity index is 415. The van der Waals surface area contributed by atoms with Crippen molar-refractivity contribution in [3.05, 3.63) is 26.6 Å². The van der Waals surface area contributed by atoms with Gasteiger partial charge in [-0.25, -0.2) is 8.78 Å². The van der Waals surface area contributed by atoms with Gasteiger partial charge < -0.3 is 5.11 Å². The highest BCUT2D eigenvalue weighted by Crippen LogP contribution is 2.30. The van der Waals surface area contributed by atoms with Crippen LogP contribution in [0.15, 0.2) is 6.20 Å². The Balaban J connectivity index is 3.28. The maximum absolute atomic E-state index is 12.8. The van der Waals surface area contributed by atoms with Crippen molar-refractivity contribution in [2.45, 2.75) is 18.7 Å². The average Bonchev–Trinajstić information content (AvgIpc) is 2.16. The average molecular weight is 362 g/mol. The predicted octanol–water partition coefficient (Wildman–Crippen LogP) is 2.99.